The molecular weight excluding hydrogens is 450 g/mol. The van der Waals surface area contributed by atoms with Crippen LogP contribution in [0, 0.1) is 0 Å². The van der Waals surface area contributed by atoms with Crippen molar-refractivity contribution < 1.29 is 19.4 Å². The van der Waals surface area contributed by atoms with Crippen LogP contribution in [-0.2, 0) is 16.0 Å². The number of benzene rings is 3. The molecule has 3 aromatic rings. The summed E-state index contributed by atoms with van der Waals surface area (Å²) in [5.74, 6) is -0.231. The molecule has 5 nitrogen and oxygen atoms in total. The van der Waals surface area contributed by atoms with Crippen LogP contribution in [0.25, 0.3) is 0 Å². The maximum atomic E-state index is 13.5. The third-order valence-corrected chi connectivity index (χ3v) is 6.40. The van der Waals surface area contributed by atoms with Gasteiger partial charge in [-0.15, -0.1) is 0 Å². The van der Waals surface area contributed by atoms with Crippen LogP contribution in [0.3, 0.4) is 0 Å². The highest BCUT2D eigenvalue weighted by atomic mass is 16.5. The third-order valence-electron chi connectivity index (χ3n) is 6.40. The zero-order valence-electron chi connectivity index (χ0n) is 21.3. The minimum absolute atomic E-state index is 0.0268. The van der Waals surface area contributed by atoms with Gasteiger partial charge in [0.05, 0.1) is 17.7 Å². The molecule has 1 unspecified atom stereocenters. The Bertz CT molecular complexity index is 1240. The number of anilines is 1. The van der Waals surface area contributed by atoms with E-state index in [9.17, 15) is 14.7 Å². The molecule has 1 N–H and O–H groups in total. The number of nitrogens with zero attached hydrogens (tertiary/aromatic N) is 1. The fourth-order valence-electron chi connectivity index (χ4n) is 4.53. The molecule has 0 aromatic heterocycles. The summed E-state index contributed by atoms with van der Waals surface area (Å²) < 4.78 is 5.77. The van der Waals surface area contributed by atoms with Crippen molar-refractivity contribution in [3.63, 3.8) is 0 Å². The van der Waals surface area contributed by atoms with Crippen LogP contribution < -0.4 is 9.64 Å². The van der Waals surface area contributed by atoms with Gasteiger partial charge < -0.3 is 9.84 Å². The summed E-state index contributed by atoms with van der Waals surface area (Å²) in [6.45, 7) is 8.12. The van der Waals surface area contributed by atoms with Crippen molar-refractivity contribution in [2.45, 2.75) is 58.6 Å². The molecule has 186 valence electrons. The Morgan fingerprint density at radius 2 is 1.56 bits per heavy atom. The Balaban J connectivity index is 1.71. The van der Waals surface area contributed by atoms with Gasteiger partial charge in [-0.2, -0.15) is 0 Å². The maximum Gasteiger partial charge on any atom is 0.294 e. The first-order chi connectivity index (χ1) is 17.3. The number of hydrogen-bond donors (Lipinski definition) is 1. The Kier molecular flexibility index (Phi) is 7.58. The molecule has 0 saturated heterocycles. The summed E-state index contributed by atoms with van der Waals surface area (Å²) >= 11 is 0. The first kappa shape index (κ1) is 25.2. The minimum atomic E-state index is -0.723. The monoisotopic (exact) mass is 483 g/mol. The van der Waals surface area contributed by atoms with E-state index in [0.29, 0.717) is 23.8 Å². The smallest absolute Gasteiger partial charge is 0.294 e. The summed E-state index contributed by atoms with van der Waals surface area (Å²) in [5.41, 5.74) is 3.69. The number of Topliss-reactive ketones (excluding diaryl/α,β-unsaturated/α-hetero) is 1. The molecule has 1 atom stereocenters. The fraction of sp³-hybridized carbons (Fsp3) is 0.290. The van der Waals surface area contributed by atoms with Gasteiger partial charge in [-0.25, -0.2) is 0 Å². The number of hydrogen-bond acceptors (Lipinski definition) is 4. The highest BCUT2D eigenvalue weighted by molar-refractivity contribution is 6.16. The van der Waals surface area contributed by atoms with Gasteiger partial charge in [-0.05, 0) is 67.1 Å². The Hall–Kier alpha value is -3.86. The third kappa shape index (κ3) is 5.35. The average Bonchev–Trinajstić information content (AvgIpc) is 3.13. The van der Waals surface area contributed by atoms with E-state index >= 15 is 0 Å². The Labute approximate surface area is 213 Å². The number of ketones is 1. The number of carbonyl (C=O) groups is 2. The Morgan fingerprint density at radius 1 is 0.917 bits per heavy atom. The van der Waals surface area contributed by atoms with Crippen LogP contribution in [0.2, 0.25) is 0 Å². The van der Waals surface area contributed by atoms with E-state index in [-0.39, 0.29) is 23.9 Å². The molecule has 0 bridgehead atoms. The van der Waals surface area contributed by atoms with Crippen molar-refractivity contribution in [2.75, 3.05) is 4.90 Å². The topological polar surface area (TPSA) is 66.8 Å². The summed E-state index contributed by atoms with van der Waals surface area (Å²) in [7, 11) is 0. The second-order valence-electron chi connectivity index (χ2n) is 9.73. The molecule has 3 aromatic carbocycles. The lowest BCUT2D eigenvalue weighted by atomic mass is 9.93. The number of carbonyl (C=O) groups excluding carboxylic acids is 2. The van der Waals surface area contributed by atoms with Gasteiger partial charge in [0.15, 0.2) is 11.5 Å². The van der Waals surface area contributed by atoms with Gasteiger partial charge >= 0.3 is 0 Å². The van der Waals surface area contributed by atoms with Crippen molar-refractivity contribution >= 4 is 17.4 Å². The van der Waals surface area contributed by atoms with Crippen LogP contribution >= 0.6 is 0 Å². The summed E-state index contributed by atoms with van der Waals surface area (Å²) in [5, 5.41) is 10.9. The van der Waals surface area contributed by atoms with Gasteiger partial charge in [-0.1, -0.05) is 68.4 Å². The molecule has 0 saturated carbocycles. The van der Waals surface area contributed by atoms with Crippen molar-refractivity contribution in [2.24, 2.45) is 0 Å². The van der Waals surface area contributed by atoms with E-state index in [1.165, 1.54) is 4.90 Å². The second-order valence-corrected chi connectivity index (χ2v) is 9.73. The van der Waals surface area contributed by atoms with Crippen LogP contribution in [0.15, 0.2) is 90.2 Å². The number of aliphatic hydroxyl groups is 1. The number of aliphatic hydroxyl groups excluding tert-OH is 1. The molecule has 1 aliphatic rings. The molecule has 0 fully saturated rings. The van der Waals surface area contributed by atoms with Gasteiger partial charge in [0, 0.05) is 12.1 Å². The average molecular weight is 484 g/mol. The van der Waals surface area contributed by atoms with Crippen LogP contribution in [-0.4, -0.2) is 22.9 Å². The lowest BCUT2D eigenvalue weighted by Gasteiger charge is -2.27. The standard InChI is InChI=1S/C31H33NO4/c1-20(2)23-11-15-25(16-12-23)32-29(24-13-17-26(18-14-24)36-21(3)4)28(30(34)31(32)35)27(33)19-10-22-8-6-5-7-9-22/h5-9,11-18,20-21,29,34H,10,19H2,1-4H3. The predicted molar refractivity (Wildman–Crippen MR) is 142 cm³/mol. The molecule has 5 heteroatoms. The quantitative estimate of drug-likeness (QED) is 0.368. The summed E-state index contributed by atoms with van der Waals surface area (Å²) in [6.07, 6.45) is 0.752. The number of aryl methyl sites for hydroxylation is 1. The highest BCUT2D eigenvalue weighted by Gasteiger charge is 2.44. The number of amides is 1. The van der Waals surface area contributed by atoms with Crippen LogP contribution in [0.4, 0.5) is 5.69 Å². The van der Waals surface area contributed by atoms with Crippen molar-refractivity contribution in [1.82, 2.24) is 0 Å². The van der Waals surface area contributed by atoms with E-state index in [4.69, 9.17) is 4.74 Å². The molecule has 1 heterocycles. The molecule has 1 aliphatic heterocycles. The van der Waals surface area contributed by atoms with Gasteiger partial charge in [0.25, 0.3) is 5.91 Å². The van der Waals surface area contributed by atoms with Crippen molar-refractivity contribution in [1.29, 1.82) is 0 Å². The molecule has 0 aliphatic carbocycles. The fourth-order valence-corrected chi connectivity index (χ4v) is 4.53. The summed E-state index contributed by atoms with van der Waals surface area (Å²) in [6, 6.07) is 24.1. The largest absolute Gasteiger partial charge is 0.503 e. The molecule has 0 radical (unpaired) electrons. The maximum absolute atomic E-state index is 13.5. The van der Waals surface area contributed by atoms with Crippen molar-refractivity contribution in [3.05, 3.63) is 107 Å². The lowest BCUT2D eigenvalue weighted by molar-refractivity contribution is -0.118. The van der Waals surface area contributed by atoms with Crippen molar-refractivity contribution in [3.8, 4) is 5.75 Å². The van der Waals surface area contributed by atoms with Gasteiger partial charge in [0.2, 0.25) is 0 Å². The molecule has 4 rings (SSSR count). The zero-order chi connectivity index (χ0) is 25.8. The zero-order valence-corrected chi connectivity index (χ0v) is 21.3. The molecule has 1 amide bonds. The van der Waals surface area contributed by atoms with E-state index in [1.54, 1.807) is 0 Å². The first-order valence-corrected chi connectivity index (χ1v) is 12.5. The summed E-state index contributed by atoms with van der Waals surface area (Å²) in [4.78, 5) is 28.3. The van der Waals surface area contributed by atoms with E-state index < -0.39 is 17.7 Å². The lowest BCUT2D eigenvalue weighted by Crippen LogP contribution is -2.31. The van der Waals surface area contributed by atoms with E-state index in [1.807, 2.05) is 92.7 Å². The van der Waals surface area contributed by atoms with Crippen LogP contribution in [0.1, 0.15) is 62.8 Å². The minimum Gasteiger partial charge on any atom is -0.503 e. The van der Waals surface area contributed by atoms with Gasteiger partial charge in [0.1, 0.15) is 5.75 Å². The Morgan fingerprint density at radius 3 is 2.14 bits per heavy atom. The normalized spacial score (nSPS) is 15.8. The number of rotatable bonds is 9. The molecule has 36 heavy (non-hydrogen) atoms. The predicted octanol–water partition coefficient (Wildman–Crippen LogP) is 6.70. The molecular formula is C31H33NO4. The van der Waals surface area contributed by atoms with E-state index in [0.717, 1.165) is 16.7 Å². The van der Waals surface area contributed by atoms with Crippen LogP contribution in [0.5, 0.6) is 5.75 Å². The van der Waals surface area contributed by atoms with Gasteiger partial charge in [-0.3, -0.25) is 14.5 Å². The highest BCUT2D eigenvalue weighted by Crippen LogP contribution is 2.42. The first-order valence-electron chi connectivity index (χ1n) is 12.5. The van der Waals surface area contributed by atoms with E-state index in [2.05, 4.69) is 13.8 Å². The SMILES string of the molecule is CC(C)Oc1ccc(C2C(C(=O)CCc3ccccc3)=C(O)C(=O)N2c2ccc(C(C)C)cc2)cc1. The number of ether oxygens (including phenoxy) is 1. The molecule has 0 spiro atoms. The second kappa shape index (κ2) is 10.8.